The largest absolute Gasteiger partial charge is 0.456 e. The van der Waals surface area contributed by atoms with Gasteiger partial charge in [-0.15, -0.1) is 0 Å². The number of anilines is 3. The number of furan rings is 1. The Hall–Kier alpha value is -5.08. The Labute approximate surface area is 290 Å². The average Bonchev–Trinajstić information content (AvgIpc) is 3.58. The van der Waals surface area contributed by atoms with Crippen LogP contribution in [0.4, 0.5) is 17.1 Å². The molecule has 7 aromatic rings. The fourth-order valence-electron chi connectivity index (χ4n) is 8.95. The summed E-state index contributed by atoms with van der Waals surface area (Å²) in [6, 6.07) is 47.0. The van der Waals surface area contributed by atoms with Crippen LogP contribution in [0, 0.1) is 0 Å². The maximum Gasteiger partial charge on any atom is 0.137 e. The second-order valence-electron chi connectivity index (χ2n) is 16.0. The Morgan fingerprint density at radius 2 is 1.14 bits per heavy atom. The SMILES string of the molecule is CC1(C)CCC(C)(C)c2c(-c3cc4c(cc3N(c3ccccc3)c3ccc5c(c3)oc3ccccc35)C(C)(C)c3ccccc3-4)cccc21. The summed E-state index contributed by atoms with van der Waals surface area (Å²) in [6.45, 7) is 14.5. The number of rotatable bonds is 4. The van der Waals surface area contributed by atoms with Crippen molar-refractivity contribution in [3.05, 3.63) is 150 Å². The number of benzene rings is 6. The number of hydrogen-bond donors (Lipinski definition) is 0. The molecule has 2 nitrogen and oxygen atoms in total. The maximum absolute atomic E-state index is 6.48. The highest BCUT2D eigenvalue weighted by atomic mass is 16.3. The number of para-hydroxylation sites is 2. The molecule has 0 radical (unpaired) electrons. The molecule has 0 saturated carbocycles. The van der Waals surface area contributed by atoms with Crippen LogP contribution < -0.4 is 4.90 Å². The summed E-state index contributed by atoms with van der Waals surface area (Å²) in [5.74, 6) is 0. The monoisotopic (exact) mass is 637 g/mol. The van der Waals surface area contributed by atoms with E-state index in [1.54, 1.807) is 0 Å². The quantitative estimate of drug-likeness (QED) is 0.191. The van der Waals surface area contributed by atoms with E-state index in [2.05, 4.69) is 168 Å². The number of fused-ring (bicyclic) bond motifs is 7. The zero-order chi connectivity index (χ0) is 33.7. The number of nitrogens with zero attached hydrogens (tertiary/aromatic N) is 1. The predicted molar refractivity (Wildman–Crippen MR) is 207 cm³/mol. The minimum atomic E-state index is -0.137. The molecule has 0 amide bonds. The Balaban J connectivity index is 1.38. The van der Waals surface area contributed by atoms with Crippen LogP contribution in [0.3, 0.4) is 0 Å². The molecule has 2 aliphatic carbocycles. The minimum Gasteiger partial charge on any atom is -0.456 e. The van der Waals surface area contributed by atoms with Crippen LogP contribution in [-0.4, -0.2) is 0 Å². The third kappa shape index (κ3) is 4.46. The molecule has 0 aliphatic heterocycles. The van der Waals surface area contributed by atoms with Gasteiger partial charge in [0, 0.05) is 39.2 Å². The predicted octanol–water partition coefficient (Wildman–Crippen LogP) is 13.4. The molecular weight excluding hydrogens is 595 g/mol. The van der Waals surface area contributed by atoms with Gasteiger partial charge in [0.25, 0.3) is 0 Å². The minimum absolute atomic E-state index is 0.0413. The molecule has 2 heteroatoms. The van der Waals surface area contributed by atoms with Gasteiger partial charge in [0.05, 0.1) is 5.69 Å². The Kier molecular flexibility index (Phi) is 6.41. The Bertz CT molecular complexity index is 2420. The smallest absolute Gasteiger partial charge is 0.137 e. The highest BCUT2D eigenvalue weighted by molar-refractivity contribution is 6.06. The van der Waals surface area contributed by atoms with Crippen molar-refractivity contribution in [1.29, 1.82) is 0 Å². The third-order valence-electron chi connectivity index (χ3n) is 11.7. The van der Waals surface area contributed by atoms with Gasteiger partial charge in [-0.2, -0.15) is 0 Å². The lowest BCUT2D eigenvalue weighted by molar-refractivity contribution is 0.333. The van der Waals surface area contributed by atoms with Gasteiger partial charge in [0.15, 0.2) is 0 Å². The summed E-state index contributed by atoms with van der Waals surface area (Å²) < 4.78 is 6.48. The molecular formula is C47H43NO. The molecule has 49 heavy (non-hydrogen) atoms. The first-order valence-electron chi connectivity index (χ1n) is 17.7. The van der Waals surface area contributed by atoms with Gasteiger partial charge >= 0.3 is 0 Å². The molecule has 0 saturated heterocycles. The van der Waals surface area contributed by atoms with E-state index in [0.717, 1.165) is 39.7 Å². The van der Waals surface area contributed by atoms with Crippen molar-refractivity contribution >= 4 is 39.0 Å². The molecule has 2 aliphatic rings. The Morgan fingerprint density at radius 3 is 1.98 bits per heavy atom. The molecule has 0 bridgehead atoms. The van der Waals surface area contributed by atoms with Crippen LogP contribution in [0.1, 0.15) is 76.6 Å². The van der Waals surface area contributed by atoms with Crippen LogP contribution in [0.15, 0.2) is 132 Å². The van der Waals surface area contributed by atoms with E-state index in [4.69, 9.17) is 4.42 Å². The maximum atomic E-state index is 6.48. The van der Waals surface area contributed by atoms with Gasteiger partial charge in [-0.1, -0.05) is 120 Å². The molecule has 0 spiro atoms. The molecule has 6 aromatic carbocycles. The van der Waals surface area contributed by atoms with Crippen molar-refractivity contribution in [2.45, 2.75) is 70.6 Å². The second-order valence-corrected chi connectivity index (χ2v) is 16.0. The first-order valence-corrected chi connectivity index (χ1v) is 17.7. The third-order valence-corrected chi connectivity index (χ3v) is 11.7. The van der Waals surface area contributed by atoms with Gasteiger partial charge < -0.3 is 9.32 Å². The zero-order valence-corrected chi connectivity index (χ0v) is 29.4. The van der Waals surface area contributed by atoms with Crippen LogP contribution in [0.5, 0.6) is 0 Å². The summed E-state index contributed by atoms with van der Waals surface area (Å²) in [5, 5.41) is 2.29. The molecule has 0 N–H and O–H groups in total. The summed E-state index contributed by atoms with van der Waals surface area (Å²) >= 11 is 0. The molecule has 1 aromatic heterocycles. The zero-order valence-electron chi connectivity index (χ0n) is 29.4. The molecule has 9 rings (SSSR count). The van der Waals surface area contributed by atoms with E-state index >= 15 is 0 Å². The standard InChI is InChI=1S/C47H43NO/c1-45(2)25-26-46(3,4)44-35(19-14-21-39(44)45)37-28-36-32-17-10-12-20-38(32)47(5,6)40(36)29-41(37)48(30-15-8-7-9-16-30)31-23-24-34-33-18-11-13-22-42(33)49-43(34)27-31/h7-24,27-29H,25-26H2,1-6H3. The summed E-state index contributed by atoms with van der Waals surface area (Å²) in [6.07, 6.45) is 2.34. The van der Waals surface area contributed by atoms with Crippen molar-refractivity contribution in [3.63, 3.8) is 0 Å². The van der Waals surface area contributed by atoms with E-state index in [1.807, 2.05) is 6.07 Å². The van der Waals surface area contributed by atoms with E-state index in [-0.39, 0.29) is 16.2 Å². The molecule has 0 fully saturated rings. The van der Waals surface area contributed by atoms with Crippen molar-refractivity contribution in [2.75, 3.05) is 4.90 Å². The van der Waals surface area contributed by atoms with E-state index in [0.29, 0.717) is 0 Å². The first-order chi connectivity index (χ1) is 23.5. The van der Waals surface area contributed by atoms with Gasteiger partial charge in [-0.25, -0.2) is 0 Å². The topological polar surface area (TPSA) is 16.4 Å². The summed E-state index contributed by atoms with van der Waals surface area (Å²) in [7, 11) is 0. The summed E-state index contributed by atoms with van der Waals surface area (Å²) in [4.78, 5) is 2.46. The highest BCUT2D eigenvalue weighted by Gasteiger charge is 2.41. The van der Waals surface area contributed by atoms with E-state index in [1.165, 1.54) is 56.6 Å². The van der Waals surface area contributed by atoms with Crippen LogP contribution >= 0.6 is 0 Å². The van der Waals surface area contributed by atoms with Crippen molar-refractivity contribution in [3.8, 4) is 22.3 Å². The fourth-order valence-corrected chi connectivity index (χ4v) is 8.95. The van der Waals surface area contributed by atoms with Crippen LogP contribution in [-0.2, 0) is 16.2 Å². The van der Waals surface area contributed by atoms with Crippen LogP contribution in [0.25, 0.3) is 44.2 Å². The van der Waals surface area contributed by atoms with E-state index in [9.17, 15) is 0 Å². The second kappa shape index (κ2) is 10.5. The fraction of sp³-hybridized carbons (Fsp3) is 0.234. The van der Waals surface area contributed by atoms with Crippen molar-refractivity contribution in [1.82, 2.24) is 0 Å². The lowest BCUT2D eigenvalue weighted by atomic mass is 9.61. The molecule has 0 unspecified atom stereocenters. The lowest BCUT2D eigenvalue weighted by Crippen LogP contribution is -2.34. The van der Waals surface area contributed by atoms with Gasteiger partial charge in [-0.3, -0.25) is 0 Å². The first kappa shape index (κ1) is 30.0. The van der Waals surface area contributed by atoms with Gasteiger partial charge in [0.1, 0.15) is 11.2 Å². The molecule has 1 heterocycles. The molecule has 0 atom stereocenters. The van der Waals surface area contributed by atoms with Gasteiger partial charge in [-0.05, 0) is 105 Å². The van der Waals surface area contributed by atoms with Crippen molar-refractivity contribution in [2.24, 2.45) is 0 Å². The average molecular weight is 638 g/mol. The van der Waals surface area contributed by atoms with E-state index < -0.39 is 0 Å². The number of hydrogen-bond acceptors (Lipinski definition) is 2. The van der Waals surface area contributed by atoms with Crippen molar-refractivity contribution < 1.29 is 4.42 Å². The lowest BCUT2D eigenvalue weighted by Gasteiger charge is -2.43. The van der Waals surface area contributed by atoms with Crippen LogP contribution in [0.2, 0.25) is 0 Å². The normalized spacial score (nSPS) is 16.7. The van der Waals surface area contributed by atoms with Gasteiger partial charge in [0.2, 0.25) is 0 Å². The highest BCUT2D eigenvalue weighted by Crippen LogP contribution is 2.56. The summed E-state index contributed by atoms with van der Waals surface area (Å²) in [5.41, 5.74) is 16.2. The Morgan fingerprint density at radius 1 is 0.469 bits per heavy atom. The molecule has 242 valence electrons.